The number of esters is 1. The van der Waals surface area contributed by atoms with E-state index >= 15 is 0 Å². The molecule has 5 heteroatoms. The summed E-state index contributed by atoms with van der Waals surface area (Å²) < 4.78 is 4.51. The standard InChI is InChI=1S/C17H22N2O3/c1-19(2)17(11-13-7-4-5-8-14(13)12-17)16(21)18-10-6-9-15(20)22-3/h4-9H,10-12H2,1-3H3,(H,18,21)/b9-6+. The molecule has 1 amide bonds. The van der Waals surface area contributed by atoms with E-state index in [1.165, 1.54) is 24.3 Å². The first-order chi connectivity index (χ1) is 10.5. The second-order valence-electron chi connectivity index (χ2n) is 5.68. The van der Waals surface area contributed by atoms with Gasteiger partial charge in [-0.3, -0.25) is 9.69 Å². The second-order valence-corrected chi connectivity index (χ2v) is 5.68. The molecule has 0 aliphatic heterocycles. The van der Waals surface area contributed by atoms with Gasteiger partial charge in [-0.2, -0.15) is 0 Å². The van der Waals surface area contributed by atoms with Crippen molar-refractivity contribution >= 4 is 11.9 Å². The van der Waals surface area contributed by atoms with E-state index in [1.807, 2.05) is 31.1 Å². The third-order valence-corrected chi connectivity index (χ3v) is 4.20. The van der Waals surface area contributed by atoms with Crippen molar-refractivity contribution in [1.82, 2.24) is 10.2 Å². The van der Waals surface area contributed by atoms with Crippen LogP contribution in [0.1, 0.15) is 11.1 Å². The number of hydrogen-bond donors (Lipinski definition) is 1. The molecule has 1 aliphatic rings. The number of nitrogens with zero attached hydrogens (tertiary/aromatic N) is 1. The number of likely N-dealkylation sites (N-methyl/N-ethyl adjacent to an activating group) is 1. The molecule has 0 atom stereocenters. The molecule has 0 unspecified atom stereocenters. The van der Waals surface area contributed by atoms with Crippen molar-refractivity contribution in [1.29, 1.82) is 0 Å². The van der Waals surface area contributed by atoms with Crippen LogP contribution in [0.25, 0.3) is 0 Å². The zero-order valence-electron chi connectivity index (χ0n) is 13.3. The van der Waals surface area contributed by atoms with Crippen LogP contribution in [0.15, 0.2) is 36.4 Å². The zero-order valence-corrected chi connectivity index (χ0v) is 13.3. The predicted molar refractivity (Wildman–Crippen MR) is 84.4 cm³/mol. The summed E-state index contributed by atoms with van der Waals surface area (Å²) in [5.41, 5.74) is 1.87. The predicted octanol–water partition coefficient (Wildman–Crippen LogP) is 0.931. The highest BCUT2D eigenvalue weighted by Crippen LogP contribution is 2.33. The molecule has 0 heterocycles. The molecule has 1 aromatic carbocycles. The summed E-state index contributed by atoms with van der Waals surface area (Å²) in [6, 6.07) is 8.15. The molecule has 0 bridgehead atoms. The average molecular weight is 302 g/mol. The fraction of sp³-hybridized carbons (Fsp3) is 0.412. The third-order valence-electron chi connectivity index (χ3n) is 4.20. The van der Waals surface area contributed by atoms with Crippen LogP contribution < -0.4 is 5.32 Å². The van der Waals surface area contributed by atoms with Gasteiger partial charge < -0.3 is 10.1 Å². The number of hydrogen-bond acceptors (Lipinski definition) is 4. The van der Waals surface area contributed by atoms with Gasteiger partial charge in [-0.05, 0) is 25.2 Å². The quantitative estimate of drug-likeness (QED) is 0.649. The van der Waals surface area contributed by atoms with Crippen LogP contribution in [0.4, 0.5) is 0 Å². The maximum absolute atomic E-state index is 12.7. The van der Waals surface area contributed by atoms with Crippen molar-refractivity contribution in [3.63, 3.8) is 0 Å². The summed E-state index contributed by atoms with van der Waals surface area (Å²) in [5, 5.41) is 2.89. The Hall–Kier alpha value is -2.14. The molecule has 1 aromatic rings. The van der Waals surface area contributed by atoms with Gasteiger partial charge in [0.15, 0.2) is 0 Å². The maximum atomic E-state index is 12.7. The molecular formula is C17H22N2O3. The summed E-state index contributed by atoms with van der Waals surface area (Å²) in [7, 11) is 5.17. The second kappa shape index (κ2) is 6.75. The Balaban J connectivity index is 2.05. The molecule has 0 aromatic heterocycles. The summed E-state index contributed by atoms with van der Waals surface area (Å²) in [6.45, 7) is 0.305. The topological polar surface area (TPSA) is 58.6 Å². The fourth-order valence-electron chi connectivity index (χ4n) is 2.81. The monoisotopic (exact) mass is 302 g/mol. The number of fused-ring (bicyclic) bond motifs is 1. The van der Waals surface area contributed by atoms with E-state index < -0.39 is 11.5 Å². The number of amides is 1. The van der Waals surface area contributed by atoms with Crippen molar-refractivity contribution in [3.05, 3.63) is 47.5 Å². The highest BCUT2D eigenvalue weighted by molar-refractivity contribution is 5.88. The van der Waals surface area contributed by atoms with E-state index in [9.17, 15) is 9.59 Å². The van der Waals surface area contributed by atoms with E-state index in [0.717, 1.165) is 0 Å². The molecule has 0 spiro atoms. The van der Waals surface area contributed by atoms with Gasteiger partial charge in [-0.1, -0.05) is 30.3 Å². The van der Waals surface area contributed by atoms with Crippen molar-refractivity contribution < 1.29 is 14.3 Å². The van der Waals surface area contributed by atoms with E-state index in [-0.39, 0.29) is 5.91 Å². The lowest BCUT2D eigenvalue weighted by molar-refractivity contribution is -0.135. The molecular weight excluding hydrogens is 280 g/mol. The van der Waals surface area contributed by atoms with Crippen LogP contribution in [0.3, 0.4) is 0 Å². The van der Waals surface area contributed by atoms with Crippen LogP contribution in [0.2, 0.25) is 0 Å². The number of ether oxygens (including phenoxy) is 1. The van der Waals surface area contributed by atoms with Crippen LogP contribution in [-0.4, -0.2) is 50.1 Å². The fourth-order valence-corrected chi connectivity index (χ4v) is 2.81. The van der Waals surface area contributed by atoms with E-state index in [2.05, 4.69) is 22.2 Å². The number of methoxy groups -OCH3 is 1. The van der Waals surface area contributed by atoms with Crippen LogP contribution in [0, 0.1) is 0 Å². The molecule has 118 valence electrons. The van der Waals surface area contributed by atoms with Crippen LogP contribution in [0.5, 0.6) is 0 Å². The van der Waals surface area contributed by atoms with Crippen molar-refractivity contribution in [2.45, 2.75) is 18.4 Å². The normalized spacial score (nSPS) is 15.8. The first kappa shape index (κ1) is 16.2. The summed E-state index contributed by atoms with van der Waals surface area (Å²) in [5.74, 6) is -0.451. The van der Waals surface area contributed by atoms with Gasteiger partial charge in [-0.25, -0.2) is 4.79 Å². The minimum absolute atomic E-state index is 0.0248. The maximum Gasteiger partial charge on any atom is 0.330 e. The highest BCUT2D eigenvalue weighted by atomic mass is 16.5. The number of benzene rings is 1. The third kappa shape index (κ3) is 3.20. The Morgan fingerprint density at radius 1 is 1.27 bits per heavy atom. The Labute approximate surface area is 130 Å². The Kier molecular flexibility index (Phi) is 4.98. The Morgan fingerprint density at radius 2 is 1.86 bits per heavy atom. The van der Waals surface area contributed by atoms with Crippen molar-refractivity contribution in [3.8, 4) is 0 Å². The minimum atomic E-state index is -0.567. The van der Waals surface area contributed by atoms with E-state index in [0.29, 0.717) is 19.4 Å². The van der Waals surface area contributed by atoms with Gasteiger partial charge in [0.1, 0.15) is 5.54 Å². The zero-order chi connectivity index (χ0) is 16.2. The minimum Gasteiger partial charge on any atom is -0.466 e. The Bertz CT molecular complexity index is 568. The SMILES string of the molecule is COC(=O)/C=C/CNC(=O)C1(N(C)C)Cc2ccccc2C1. The number of carbonyl (C=O) groups excluding carboxylic acids is 2. The lowest BCUT2D eigenvalue weighted by Crippen LogP contribution is -2.57. The molecule has 0 saturated carbocycles. The number of rotatable bonds is 5. The number of nitrogens with one attached hydrogen (secondary N) is 1. The summed E-state index contributed by atoms with van der Waals surface area (Å²) >= 11 is 0. The van der Waals surface area contributed by atoms with E-state index in [1.54, 1.807) is 6.08 Å². The smallest absolute Gasteiger partial charge is 0.330 e. The van der Waals surface area contributed by atoms with Gasteiger partial charge in [0.05, 0.1) is 7.11 Å². The molecule has 0 saturated heterocycles. The highest BCUT2D eigenvalue weighted by Gasteiger charge is 2.45. The lowest BCUT2D eigenvalue weighted by atomic mass is 9.93. The molecule has 1 aliphatic carbocycles. The van der Waals surface area contributed by atoms with Crippen LogP contribution in [-0.2, 0) is 27.2 Å². The van der Waals surface area contributed by atoms with Crippen molar-refractivity contribution in [2.75, 3.05) is 27.7 Å². The lowest BCUT2D eigenvalue weighted by Gasteiger charge is -2.34. The average Bonchev–Trinajstić information content (AvgIpc) is 2.91. The van der Waals surface area contributed by atoms with E-state index in [4.69, 9.17) is 0 Å². The molecule has 0 radical (unpaired) electrons. The summed E-state index contributed by atoms with van der Waals surface area (Å²) in [6.07, 6.45) is 4.30. The Morgan fingerprint density at radius 3 is 2.36 bits per heavy atom. The largest absolute Gasteiger partial charge is 0.466 e. The van der Waals surface area contributed by atoms with Crippen molar-refractivity contribution in [2.24, 2.45) is 0 Å². The van der Waals surface area contributed by atoms with Gasteiger partial charge in [0.2, 0.25) is 5.91 Å². The number of carbonyl (C=O) groups is 2. The molecule has 5 nitrogen and oxygen atoms in total. The molecule has 22 heavy (non-hydrogen) atoms. The summed E-state index contributed by atoms with van der Waals surface area (Å²) in [4.78, 5) is 25.7. The van der Waals surface area contributed by atoms with Crippen LogP contribution >= 0.6 is 0 Å². The molecule has 1 N–H and O–H groups in total. The van der Waals surface area contributed by atoms with Gasteiger partial charge in [0.25, 0.3) is 0 Å². The first-order valence-electron chi connectivity index (χ1n) is 7.26. The first-order valence-corrected chi connectivity index (χ1v) is 7.26. The van der Waals surface area contributed by atoms with Gasteiger partial charge in [0, 0.05) is 25.5 Å². The molecule has 2 rings (SSSR count). The van der Waals surface area contributed by atoms with Gasteiger partial charge >= 0.3 is 5.97 Å². The van der Waals surface area contributed by atoms with Gasteiger partial charge in [-0.15, -0.1) is 0 Å². The molecule has 0 fully saturated rings.